The highest BCUT2D eigenvalue weighted by molar-refractivity contribution is 4.87. The smallest absolute Gasteiger partial charge is 0.0603 e. The second-order valence-corrected chi connectivity index (χ2v) is 11.2. The molecule has 0 atom stereocenters. The van der Waals surface area contributed by atoms with Crippen molar-refractivity contribution >= 4 is 0 Å². The van der Waals surface area contributed by atoms with E-state index in [1.165, 1.54) is 104 Å². The van der Waals surface area contributed by atoms with E-state index in [-0.39, 0.29) is 0 Å². The second-order valence-electron chi connectivity index (χ2n) is 11.2. The first kappa shape index (κ1) is 22.0. The van der Waals surface area contributed by atoms with Crippen molar-refractivity contribution in [3.8, 4) is 0 Å². The van der Waals surface area contributed by atoms with Crippen LogP contribution in [0.15, 0.2) is 0 Å². The van der Waals surface area contributed by atoms with E-state index in [9.17, 15) is 0 Å². The molecule has 168 valence electrons. The van der Waals surface area contributed by atoms with Crippen molar-refractivity contribution in [1.29, 1.82) is 0 Å². The Morgan fingerprint density at radius 1 is 0.690 bits per heavy atom. The summed E-state index contributed by atoms with van der Waals surface area (Å²) in [4.78, 5) is 7.94. The number of rotatable bonds is 7. The summed E-state index contributed by atoms with van der Waals surface area (Å²) in [6.07, 6.45) is 11.9. The molecule has 3 aliphatic heterocycles. The van der Waals surface area contributed by atoms with Crippen LogP contribution in [0.1, 0.15) is 65.2 Å². The molecule has 0 aromatic carbocycles. The van der Waals surface area contributed by atoms with Gasteiger partial charge in [0.2, 0.25) is 0 Å². The first-order valence-corrected chi connectivity index (χ1v) is 12.8. The molecule has 4 rings (SSSR count). The highest BCUT2D eigenvalue weighted by Gasteiger charge is 2.34. The van der Waals surface area contributed by atoms with Crippen LogP contribution in [-0.4, -0.2) is 86.3 Å². The standard InChI is InChI=1S/C25H47N3O/c1-20(2)23-4-12-27(13-5-23)18-21-16-22(17-21)19-28-14-8-25(9-15-28)29-24-6-10-26(3)11-7-24/h20-25H,4-19H2,1-3H3. The molecule has 0 spiro atoms. The van der Waals surface area contributed by atoms with Gasteiger partial charge in [0.15, 0.2) is 0 Å². The molecule has 29 heavy (non-hydrogen) atoms. The third-order valence-corrected chi connectivity index (χ3v) is 8.53. The summed E-state index contributed by atoms with van der Waals surface area (Å²) in [5.74, 6) is 3.82. The van der Waals surface area contributed by atoms with Gasteiger partial charge in [0, 0.05) is 39.3 Å². The lowest BCUT2D eigenvalue weighted by molar-refractivity contribution is -0.0658. The number of hydrogen-bond donors (Lipinski definition) is 0. The molecule has 0 N–H and O–H groups in total. The van der Waals surface area contributed by atoms with Gasteiger partial charge in [-0.15, -0.1) is 0 Å². The Kier molecular flexibility index (Phi) is 7.93. The van der Waals surface area contributed by atoms with Gasteiger partial charge in [-0.25, -0.2) is 0 Å². The normalized spacial score (nSPS) is 32.7. The summed E-state index contributed by atoms with van der Waals surface area (Å²) < 4.78 is 6.44. The van der Waals surface area contributed by atoms with Crippen LogP contribution in [0.5, 0.6) is 0 Å². The third kappa shape index (κ3) is 6.41. The molecule has 0 aromatic rings. The summed E-state index contributed by atoms with van der Waals surface area (Å²) in [6.45, 7) is 15.2. The summed E-state index contributed by atoms with van der Waals surface area (Å²) in [7, 11) is 2.23. The Hall–Kier alpha value is -0.160. The minimum Gasteiger partial charge on any atom is -0.375 e. The molecule has 0 bridgehead atoms. The molecule has 1 saturated carbocycles. The fraction of sp³-hybridized carbons (Fsp3) is 1.00. The van der Waals surface area contributed by atoms with E-state index < -0.39 is 0 Å². The van der Waals surface area contributed by atoms with Gasteiger partial charge in [0.25, 0.3) is 0 Å². The van der Waals surface area contributed by atoms with Gasteiger partial charge in [-0.2, -0.15) is 0 Å². The summed E-state index contributed by atoms with van der Waals surface area (Å²) in [5, 5.41) is 0. The lowest BCUT2D eigenvalue weighted by Crippen LogP contribution is -2.46. The molecule has 4 fully saturated rings. The van der Waals surface area contributed by atoms with Gasteiger partial charge in [-0.3, -0.25) is 0 Å². The summed E-state index contributed by atoms with van der Waals surface area (Å²) in [5.41, 5.74) is 0. The minimum absolute atomic E-state index is 0.528. The summed E-state index contributed by atoms with van der Waals surface area (Å²) in [6, 6.07) is 0. The van der Waals surface area contributed by atoms with Gasteiger partial charge in [0.1, 0.15) is 0 Å². The van der Waals surface area contributed by atoms with E-state index in [4.69, 9.17) is 4.74 Å². The largest absolute Gasteiger partial charge is 0.375 e. The Balaban J connectivity index is 1.05. The highest BCUT2D eigenvalue weighted by atomic mass is 16.5. The molecular formula is C25H47N3O. The summed E-state index contributed by atoms with van der Waals surface area (Å²) >= 11 is 0. The average Bonchev–Trinajstić information content (AvgIpc) is 2.70. The van der Waals surface area contributed by atoms with Crippen molar-refractivity contribution in [2.45, 2.75) is 77.4 Å². The molecule has 1 aliphatic carbocycles. The molecule has 4 nitrogen and oxygen atoms in total. The molecule has 0 amide bonds. The molecule has 0 radical (unpaired) electrons. The van der Waals surface area contributed by atoms with E-state index >= 15 is 0 Å². The van der Waals surface area contributed by atoms with Gasteiger partial charge in [-0.05, 0) is 95.2 Å². The average molecular weight is 406 g/mol. The van der Waals surface area contributed by atoms with Gasteiger partial charge in [0.05, 0.1) is 12.2 Å². The van der Waals surface area contributed by atoms with Crippen molar-refractivity contribution in [3.05, 3.63) is 0 Å². The molecule has 3 saturated heterocycles. The van der Waals surface area contributed by atoms with Crippen LogP contribution in [0.3, 0.4) is 0 Å². The van der Waals surface area contributed by atoms with Crippen molar-refractivity contribution in [2.24, 2.45) is 23.7 Å². The van der Waals surface area contributed by atoms with Gasteiger partial charge < -0.3 is 19.4 Å². The van der Waals surface area contributed by atoms with Crippen LogP contribution in [0.2, 0.25) is 0 Å². The predicted octanol–water partition coefficient (Wildman–Crippen LogP) is 3.96. The van der Waals surface area contributed by atoms with Gasteiger partial charge in [-0.1, -0.05) is 13.8 Å². The Morgan fingerprint density at radius 3 is 1.62 bits per heavy atom. The van der Waals surface area contributed by atoms with E-state index in [1.807, 2.05) is 0 Å². The minimum atomic E-state index is 0.528. The zero-order valence-corrected chi connectivity index (χ0v) is 19.5. The van der Waals surface area contributed by atoms with E-state index in [0.29, 0.717) is 12.2 Å². The molecule has 4 aliphatic rings. The zero-order chi connectivity index (χ0) is 20.2. The van der Waals surface area contributed by atoms with Crippen LogP contribution in [0, 0.1) is 23.7 Å². The molecule has 3 heterocycles. The topological polar surface area (TPSA) is 19.0 Å². The third-order valence-electron chi connectivity index (χ3n) is 8.53. The number of likely N-dealkylation sites (tertiary alicyclic amines) is 3. The number of hydrogen-bond acceptors (Lipinski definition) is 4. The fourth-order valence-electron chi connectivity index (χ4n) is 6.33. The zero-order valence-electron chi connectivity index (χ0n) is 19.5. The second kappa shape index (κ2) is 10.4. The van der Waals surface area contributed by atoms with Crippen LogP contribution in [0.25, 0.3) is 0 Å². The molecule has 0 unspecified atom stereocenters. The monoisotopic (exact) mass is 405 g/mol. The highest BCUT2D eigenvalue weighted by Crippen LogP contribution is 2.36. The number of ether oxygens (including phenoxy) is 1. The number of nitrogens with zero attached hydrogens (tertiary/aromatic N) is 3. The van der Waals surface area contributed by atoms with Crippen molar-refractivity contribution in [2.75, 3.05) is 59.4 Å². The van der Waals surface area contributed by atoms with E-state index in [1.54, 1.807) is 0 Å². The lowest BCUT2D eigenvalue weighted by Gasteiger charge is -2.44. The van der Waals surface area contributed by atoms with Crippen LogP contribution in [-0.2, 0) is 4.74 Å². The Morgan fingerprint density at radius 2 is 1.14 bits per heavy atom. The van der Waals surface area contributed by atoms with Crippen molar-refractivity contribution in [1.82, 2.24) is 14.7 Å². The van der Waals surface area contributed by atoms with Gasteiger partial charge >= 0.3 is 0 Å². The number of piperidine rings is 3. The maximum Gasteiger partial charge on any atom is 0.0603 e. The van der Waals surface area contributed by atoms with Crippen LogP contribution in [0.4, 0.5) is 0 Å². The quantitative estimate of drug-likeness (QED) is 0.638. The first-order chi connectivity index (χ1) is 14.0. The Labute approximate surface area is 180 Å². The predicted molar refractivity (Wildman–Crippen MR) is 121 cm³/mol. The van der Waals surface area contributed by atoms with E-state index in [0.717, 1.165) is 23.7 Å². The Bertz CT molecular complexity index is 468. The maximum absolute atomic E-state index is 6.44. The van der Waals surface area contributed by atoms with Crippen molar-refractivity contribution < 1.29 is 4.74 Å². The molecule has 0 aromatic heterocycles. The lowest BCUT2D eigenvalue weighted by atomic mass is 9.74. The maximum atomic E-state index is 6.44. The fourth-order valence-corrected chi connectivity index (χ4v) is 6.33. The molecular weight excluding hydrogens is 358 g/mol. The van der Waals surface area contributed by atoms with Crippen LogP contribution < -0.4 is 0 Å². The van der Waals surface area contributed by atoms with E-state index in [2.05, 4.69) is 35.6 Å². The van der Waals surface area contributed by atoms with Crippen LogP contribution >= 0.6 is 0 Å². The molecule has 4 heteroatoms. The SMILES string of the molecule is CC(C)C1CCN(CC2CC(CN3CCC(OC4CCN(C)CC4)CC3)C2)CC1. The first-order valence-electron chi connectivity index (χ1n) is 12.8. The van der Waals surface area contributed by atoms with Crippen molar-refractivity contribution in [3.63, 3.8) is 0 Å².